The van der Waals surface area contributed by atoms with Crippen LogP contribution in [0.2, 0.25) is 0 Å². The van der Waals surface area contributed by atoms with Gasteiger partial charge in [-0.3, -0.25) is 14.2 Å². The molecular formula is C21H31N3O2S2. The van der Waals surface area contributed by atoms with E-state index in [0.29, 0.717) is 11.7 Å². The zero-order chi connectivity index (χ0) is 20.3. The van der Waals surface area contributed by atoms with Crippen LogP contribution in [0.15, 0.2) is 9.95 Å². The van der Waals surface area contributed by atoms with Crippen LogP contribution in [0.5, 0.6) is 0 Å². The number of aryl methyl sites for hydroxylation is 2. The van der Waals surface area contributed by atoms with Gasteiger partial charge in [-0.2, -0.15) is 0 Å². The Morgan fingerprint density at radius 2 is 2.00 bits per heavy atom. The van der Waals surface area contributed by atoms with Crippen LogP contribution in [-0.4, -0.2) is 27.3 Å². The number of fused-ring (bicyclic) bond motifs is 3. The van der Waals surface area contributed by atoms with Gasteiger partial charge in [0.15, 0.2) is 5.16 Å². The van der Waals surface area contributed by atoms with E-state index in [-0.39, 0.29) is 22.8 Å². The normalized spacial score (nSPS) is 16.4. The molecule has 0 bridgehead atoms. The van der Waals surface area contributed by atoms with E-state index in [0.717, 1.165) is 42.3 Å². The monoisotopic (exact) mass is 421 g/mol. The molecule has 0 saturated heterocycles. The molecule has 2 atom stereocenters. The second kappa shape index (κ2) is 9.44. The highest BCUT2D eigenvalue weighted by molar-refractivity contribution is 8.00. The molecule has 1 amide bonds. The maximum Gasteiger partial charge on any atom is 0.263 e. The van der Waals surface area contributed by atoms with Gasteiger partial charge in [-0.1, -0.05) is 32.0 Å². The summed E-state index contributed by atoms with van der Waals surface area (Å²) in [5.74, 6) is -0.00106. The van der Waals surface area contributed by atoms with Gasteiger partial charge in [0.05, 0.1) is 10.6 Å². The zero-order valence-corrected chi connectivity index (χ0v) is 19.0. The summed E-state index contributed by atoms with van der Waals surface area (Å²) < 4.78 is 1.83. The molecule has 3 rings (SSSR count). The predicted octanol–water partition coefficient (Wildman–Crippen LogP) is 4.70. The van der Waals surface area contributed by atoms with Crippen molar-refractivity contribution in [3.05, 3.63) is 20.8 Å². The van der Waals surface area contributed by atoms with E-state index in [1.165, 1.54) is 35.0 Å². The molecule has 0 aliphatic heterocycles. The van der Waals surface area contributed by atoms with E-state index in [2.05, 4.69) is 19.2 Å². The first-order valence-corrected chi connectivity index (χ1v) is 12.2. The highest BCUT2D eigenvalue weighted by atomic mass is 32.2. The average molecular weight is 422 g/mol. The summed E-state index contributed by atoms with van der Waals surface area (Å²) in [6, 6.07) is 0.0548. The quantitative estimate of drug-likeness (QED) is 0.400. The number of carbonyl (C=O) groups excluding carboxylic acids is 1. The van der Waals surface area contributed by atoms with Crippen molar-refractivity contribution in [1.29, 1.82) is 0 Å². The van der Waals surface area contributed by atoms with Crippen LogP contribution in [0, 0.1) is 0 Å². The van der Waals surface area contributed by atoms with E-state index in [9.17, 15) is 9.59 Å². The van der Waals surface area contributed by atoms with Crippen molar-refractivity contribution in [3.8, 4) is 0 Å². The maximum absolute atomic E-state index is 13.5. The van der Waals surface area contributed by atoms with Crippen LogP contribution in [0.1, 0.15) is 76.3 Å². The molecule has 28 heavy (non-hydrogen) atoms. The van der Waals surface area contributed by atoms with Gasteiger partial charge in [-0.25, -0.2) is 4.98 Å². The smallest absolute Gasteiger partial charge is 0.263 e. The van der Waals surface area contributed by atoms with Crippen LogP contribution in [0.25, 0.3) is 10.2 Å². The Kier molecular flexibility index (Phi) is 7.20. The number of rotatable bonds is 7. The summed E-state index contributed by atoms with van der Waals surface area (Å²) in [5.41, 5.74) is 1.31. The molecular weight excluding hydrogens is 390 g/mol. The first-order chi connectivity index (χ1) is 13.5. The number of nitrogens with zero attached hydrogens (tertiary/aromatic N) is 2. The number of thiophene rings is 1. The molecule has 2 aromatic heterocycles. The lowest BCUT2D eigenvalue weighted by Crippen LogP contribution is -2.33. The predicted molar refractivity (Wildman–Crippen MR) is 119 cm³/mol. The lowest BCUT2D eigenvalue weighted by Gasteiger charge is -2.19. The second-order valence-corrected chi connectivity index (χ2v) is 10.0. The topological polar surface area (TPSA) is 64.0 Å². The van der Waals surface area contributed by atoms with Crippen molar-refractivity contribution in [3.63, 3.8) is 0 Å². The van der Waals surface area contributed by atoms with Gasteiger partial charge in [0.1, 0.15) is 4.83 Å². The summed E-state index contributed by atoms with van der Waals surface area (Å²) in [7, 11) is 0. The molecule has 2 aromatic rings. The van der Waals surface area contributed by atoms with Gasteiger partial charge in [-0.15, -0.1) is 11.3 Å². The Morgan fingerprint density at radius 1 is 1.25 bits per heavy atom. The fraction of sp³-hybridized carbons (Fsp3) is 0.667. The summed E-state index contributed by atoms with van der Waals surface area (Å²) in [5, 5.41) is 4.15. The number of hydrogen-bond acceptors (Lipinski definition) is 5. The largest absolute Gasteiger partial charge is 0.355 e. The fourth-order valence-electron chi connectivity index (χ4n) is 3.63. The molecule has 1 aliphatic rings. The van der Waals surface area contributed by atoms with Crippen LogP contribution >= 0.6 is 23.1 Å². The lowest BCUT2D eigenvalue weighted by atomic mass is 10.1. The summed E-state index contributed by atoms with van der Waals surface area (Å²) >= 11 is 3.08. The number of aromatic nitrogens is 2. The number of carbonyl (C=O) groups is 1. The Bertz CT molecular complexity index is 903. The molecule has 2 heterocycles. The van der Waals surface area contributed by atoms with Crippen molar-refractivity contribution < 1.29 is 4.79 Å². The molecule has 5 nitrogen and oxygen atoms in total. The first kappa shape index (κ1) is 21.4. The average Bonchev–Trinajstić information content (AvgIpc) is 2.87. The first-order valence-electron chi connectivity index (χ1n) is 10.5. The zero-order valence-electron chi connectivity index (χ0n) is 17.3. The van der Waals surface area contributed by atoms with Crippen LogP contribution in [-0.2, 0) is 17.6 Å². The molecule has 7 heteroatoms. The van der Waals surface area contributed by atoms with Crippen molar-refractivity contribution in [2.24, 2.45) is 0 Å². The number of thioether (sulfide) groups is 1. The van der Waals surface area contributed by atoms with Crippen LogP contribution in [0.4, 0.5) is 0 Å². The molecule has 2 unspecified atom stereocenters. The van der Waals surface area contributed by atoms with Crippen LogP contribution in [0.3, 0.4) is 0 Å². The van der Waals surface area contributed by atoms with E-state index < -0.39 is 0 Å². The molecule has 0 fully saturated rings. The van der Waals surface area contributed by atoms with Gasteiger partial charge < -0.3 is 5.32 Å². The minimum absolute atomic E-state index is 0.00106. The number of hydrogen-bond donors (Lipinski definition) is 1. The fourth-order valence-corrected chi connectivity index (χ4v) is 5.97. The Morgan fingerprint density at radius 3 is 2.71 bits per heavy atom. The third kappa shape index (κ3) is 4.30. The van der Waals surface area contributed by atoms with Crippen molar-refractivity contribution in [2.45, 2.75) is 89.1 Å². The Labute approximate surface area is 175 Å². The van der Waals surface area contributed by atoms with Crippen molar-refractivity contribution >= 4 is 39.2 Å². The van der Waals surface area contributed by atoms with E-state index in [1.807, 2.05) is 18.4 Å². The van der Waals surface area contributed by atoms with E-state index in [4.69, 9.17) is 4.98 Å². The molecule has 0 aromatic carbocycles. The third-order valence-electron chi connectivity index (χ3n) is 5.47. The van der Waals surface area contributed by atoms with Gasteiger partial charge in [0, 0.05) is 17.5 Å². The molecule has 154 valence electrons. The summed E-state index contributed by atoms with van der Waals surface area (Å²) in [6.07, 6.45) is 7.36. The maximum atomic E-state index is 13.5. The highest BCUT2D eigenvalue weighted by Gasteiger charge is 2.25. The Balaban J connectivity index is 2.06. The van der Waals surface area contributed by atoms with E-state index >= 15 is 0 Å². The minimum atomic E-state index is -0.288. The second-order valence-electron chi connectivity index (χ2n) is 7.62. The summed E-state index contributed by atoms with van der Waals surface area (Å²) in [6.45, 7) is 8.74. The minimum Gasteiger partial charge on any atom is -0.355 e. The van der Waals surface area contributed by atoms with Gasteiger partial charge in [-0.05, 0) is 57.9 Å². The lowest BCUT2D eigenvalue weighted by molar-refractivity contribution is -0.120. The van der Waals surface area contributed by atoms with Gasteiger partial charge in [0.2, 0.25) is 5.91 Å². The number of nitrogens with one attached hydrogen (secondary N) is 1. The SMILES string of the molecule is CCCNC(=O)C(C)Sc1nc2sc3c(c2c(=O)n1C(C)CC)CCCCC3. The molecule has 0 saturated carbocycles. The molecule has 1 N–H and O–H groups in total. The van der Waals surface area contributed by atoms with E-state index in [1.54, 1.807) is 11.3 Å². The van der Waals surface area contributed by atoms with Crippen LogP contribution < -0.4 is 10.9 Å². The third-order valence-corrected chi connectivity index (χ3v) is 7.72. The van der Waals surface area contributed by atoms with Gasteiger partial charge in [0.25, 0.3) is 5.56 Å². The molecule has 1 aliphatic carbocycles. The molecule has 0 spiro atoms. The van der Waals surface area contributed by atoms with Crippen molar-refractivity contribution in [1.82, 2.24) is 14.9 Å². The van der Waals surface area contributed by atoms with Crippen molar-refractivity contribution in [2.75, 3.05) is 6.54 Å². The molecule has 0 radical (unpaired) electrons. The Hall–Kier alpha value is -1.34. The highest BCUT2D eigenvalue weighted by Crippen LogP contribution is 2.35. The summed E-state index contributed by atoms with van der Waals surface area (Å²) in [4.78, 5) is 33.0. The number of amides is 1. The van der Waals surface area contributed by atoms with Gasteiger partial charge >= 0.3 is 0 Å². The standard InChI is InChI=1S/C21H31N3O2S2/c1-5-12-22-18(25)14(4)27-21-23-19-17(20(26)24(21)13(3)6-2)15-10-8-7-9-11-16(15)28-19/h13-14H,5-12H2,1-4H3,(H,22,25).